The van der Waals surface area contributed by atoms with Crippen molar-refractivity contribution >= 4 is 5.95 Å². The maximum atomic E-state index is 4.45. The summed E-state index contributed by atoms with van der Waals surface area (Å²) in [6.45, 7) is 4.35. The molecule has 1 aliphatic heterocycles. The molecule has 0 saturated carbocycles. The predicted molar refractivity (Wildman–Crippen MR) is 96.1 cm³/mol. The lowest BCUT2D eigenvalue weighted by atomic mass is 9.91. The molecular formula is C20H22N4. The number of anilines is 1. The number of nitrogens with one attached hydrogen (secondary N) is 1. The van der Waals surface area contributed by atoms with E-state index in [-0.39, 0.29) is 12.1 Å². The number of hydrogen-bond donors (Lipinski definition) is 1. The molecular weight excluding hydrogens is 296 g/mol. The molecule has 0 saturated heterocycles. The topological polar surface area (TPSA) is 42.7 Å². The average Bonchev–Trinajstić information content (AvgIpc) is 3.10. The van der Waals surface area contributed by atoms with Crippen molar-refractivity contribution in [2.75, 3.05) is 5.32 Å². The molecule has 0 fully saturated rings. The molecule has 0 aliphatic carbocycles. The minimum absolute atomic E-state index is 0.209. The Balaban J connectivity index is 1.72. The van der Waals surface area contributed by atoms with Gasteiger partial charge in [-0.3, -0.25) is 0 Å². The largest absolute Gasteiger partial charge is 0.348 e. The van der Waals surface area contributed by atoms with E-state index < -0.39 is 0 Å². The summed E-state index contributed by atoms with van der Waals surface area (Å²) in [4.78, 5) is 4.41. The zero-order valence-corrected chi connectivity index (χ0v) is 14.1. The first-order valence-corrected chi connectivity index (χ1v) is 8.56. The molecule has 0 spiro atoms. The van der Waals surface area contributed by atoms with Gasteiger partial charge in [-0.1, -0.05) is 55.5 Å². The Kier molecular flexibility index (Phi) is 3.81. The molecule has 1 aromatic heterocycles. The molecule has 4 rings (SSSR count). The number of rotatable bonds is 3. The quantitative estimate of drug-likeness (QED) is 0.783. The van der Waals surface area contributed by atoms with Crippen molar-refractivity contribution in [3.8, 4) is 0 Å². The fourth-order valence-electron chi connectivity index (χ4n) is 3.54. The van der Waals surface area contributed by atoms with Crippen LogP contribution >= 0.6 is 0 Å². The molecule has 24 heavy (non-hydrogen) atoms. The van der Waals surface area contributed by atoms with Gasteiger partial charge >= 0.3 is 0 Å². The van der Waals surface area contributed by atoms with Gasteiger partial charge < -0.3 is 5.32 Å². The van der Waals surface area contributed by atoms with Crippen molar-refractivity contribution in [2.45, 2.75) is 38.8 Å². The Hall–Kier alpha value is -2.62. The molecule has 0 bridgehead atoms. The van der Waals surface area contributed by atoms with E-state index in [9.17, 15) is 0 Å². The first-order valence-electron chi connectivity index (χ1n) is 8.56. The van der Waals surface area contributed by atoms with E-state index in [4.69, 9.17) is 0 Å². The van der Waals surface area contributed by atoms with Crippen LogP contribution in [0.3, 0.4) is 0 Å². The first kappa shape index (κ1) is 14.9. The maximum absolute atomic E-state index is 4.45. The van der Waals surface area contributed by atoms with Crippen LogP contribution in [0.25, 0.3) is 0 Å². The zero-order valence-electron chi connectivity index (χ0n) is 14.1. The Bertz CT molecular complexity index is 835. The van der Waals surface area contributed by atoms with Crippen molar-refractivity contribution in [1.29, 1.82) is 0 Å². The van der Waals surface area contributed by atoms with Crippen LogP contribution in [-0.2, 0) is 6.42 Å². The summed E-state index contributed by atoms with van der Waals surface area (Å²) >= 11 is 0. The number of nitrogens with zero attached hydrogens (tertiary/aromatic N) is 3. The van der Waals surface area contributed by atoms with Gasteiger partial charge in [0.1, 0.15) is 6.33 Å². The number of benzene rings is 2. The van der Waals surface area contributed by atoms with Gasteiger partial charge in [-0.15, -0.1) is 0 Å². The maximum Gasteiger partial charge on any atom is 0.222 e. The highest BCUT2D eigenvalue weighted by Gasteiger charge is 2.30. The van der Waals surface area contributed by atoms with E-state index in [1.807, 2.05) is 4.68 Å². The molecule has 1 aliphatic rings. The molecule has 3 aromatic rings. The van der Waals surface area contributed by atoms with E-state index in [2.05, 4.69) is 77.8 Å². The summed E-state index contributed by atoms with van der Waals surface area (Å²) in [5.41, 5.74) is 5.29. The third kappa shape index (κ3) is 2.58. The number of aryl methyl sites for hydroxylation is 2. The van der Waals surface area contributed by atoms with Gasteiger partial charge in [-0.05, 0) is 42.0 Å². The molecule has 0 amide bonds. The molecule has 0 unspecified atom stereocenters. The van der Waals surface area contributed by atoms with Crippen molar-refractivity contribution in [1.82, 2.24) is 14.8 Å². The smallest absolute Gasteiger partial charge is 0.222 e. The average molecular weight is 318 g/mol. The van der Waals surface area contributed by atoms with E-state index in [0.29, 0.717) is 0 Å². The summed E-state index contributed by atoms with van der Waals surface area (Å²) in [6.07, 6.45) is 3.67. The Morgan fingerprint density at radius 2 is 1.92 bits per heavy atom. The van der Waals surface area contributed by atoms with Crippen LogP contribution in [0.15, 0.2) is 54.9 Å². The zero-order chi connectivity index (χ0) is 16.5. The molecule has 122 valence electrons. The number of fused-ring (bicyclic) bond motifs is 1. The lowest BCUT2D eigenvalue weighted by Gasteiger charge is -2.32. The lowest BCUT2D eigenvalue weighted by Crippen LogP contribution is -2.28. The van der Waals surface area contributed by atoms with Crippen molar-refractivity contribution in [3.63, 3.8) is 0 Å². The second kappa shape index (κ2) is 6.11. The van der Waals surface area contributed by atoms with Gasteiger partial charge in [0.15, 0.2) is 0 Å². The summed E-state index contributed by atoms with van der Waals surface area (Å²) in [5, 5.41) is 7.99. The fourth-order valence-corrected chi connectivity index (χ4v) is 3.54. The highest BCUT2D eigenvalue weighted by Crippen LogP contribution is 2.38. The summed E-state index contributed by atoms with van der Waals surface area (Å²) in [5.74, 6) is 0.846. The summed E-state index contributed by atoms with van der Waals surface area (Å²) in [6, 6.07) is 17.9. The Morgan fingerprint density at radius 3 is 2.67 bits per heavy atom. The van der Waals surface area contributed by atoms with Crippen molar-refractivity contribution in [2.24, 2.45) is 0 Å². The minimum Gasteiger partial charge on any atom is -0.348 e. The van der Waals surface area contributed by atoms with Crippen LogP contribution in [-0.4, -0.2) is 14.8 Å². The van der Waals surface area contributed by atoms with Crippen LogP contribution in [0, 0.1) is 6.92 Å². The molecule has 2 heterocycles. The molecule has 0 radical (unpaired) electrons. The third-order valence-corrected chi connectivity index (χ3v) is 4.97. The van der Waals surface area contributed by atoms with E-state index in [0.717, 1.165) is 18.8 Å². The van der Waals surface area contributed by atoms with Crippen molar-refractivity contribution in [3.05, 3.63) is 77.1 Å². The summed E-state index contributed by atoms with van der Waals surface area (Å²) < 4.78 is 2.01. The van der Waals surface area contributed by atoms with Gasteiger partial charge in [0.2, 0.25) is 5.95 Å². The highest BCUT2D eigenvalue weighted by molar-refractivity contribution is 5.40. The first-order chi connectivity index (χ1) is 11.8. The van der Waals surface area contributed by atoms with Crippen LogP contribution in [0.2, 0.25) is 0 Å². The Morgan fingerprint density at radius 1 is 1.12 bits per heavy atom. The van der Waals surface area contributed by atoms with Crippen LogP contribution in [0.4, 0.5) is 5.95 Å². The normalized spacial score (nSPS) is 19.6. The van der Waals surface area contributed by atoms with Gasteiger partial charge in [0.25, 0.3) is 0 Å². The summed E-state index contributed by atoms with van der Waals surface area (Å²) in [7, 11) is 0. The lowest BCUT2D eigenvalue weighted by molar-refractivity contribution is 0.429. The molecule has 1 N–H and O–H groups in total. The van der Waals surface area contributed by atoms with E-state index >= 15 is 0 Å². The molecule has 2 aromatic carbocycles. The molecule has 2 atom stereocenters. The SMILES string of the molecule is CCc1ccc([C@H]2C[C@@H](c3ccccc3C)n3ncnc3N2)cc1. The van der Waals surface area contributed by atoms with Crippen LogP contribution in [0.5, 0.6) is 0 Å². The Labute approximate surface area is 142 Å². The third-order valence-electron chi connectivity index (χ3n) is 4.97. The number of hydrogen-bond acceptors (Lipinski definition) is 3. The van der Waals surface area contributed by atoms with Gasteiger partial charge in [-0.2, -0.15) is 10.1 Å². The highest BCUT2D eigenvalue weighted by atomic mass is 15.4. The second-order valence-corrected chi connectivity index (χ2v) is 6.43. The van der Waals surface area contributed by atoms with Crippen LogP contribution < -0.4 is 5.32 Å². The molecule has 4 nitrogen and oxygen atoms in total. The van der Waals surface area contributed by atoms with Gasteiger partial charge in [0.05, 0.1) is 12.1 Å². The predicted octanol–water partition coefficient (Wildman–Crippen LogP) is 4.30. The minimum atomic E-state index is 0.209. The van der Waals surface area contributed by atoms with Gasteiger partial charge in [-0.25, -0.2) is 4.68 Å². The second-order valence-electron chi connectivity index (χ2n) is 6.43. The van der Waals surface area contributed by atoms with E-state index in [1.165, 1.54) is 22.3 Å². The monoisotopic (exact) mass is 318 g/mol. The van der Waals surface area contributed by atoms with E-state index in [1.54, 1.807) is 6.33 Å². The van der Waals surface area contributed by atoms with Crippen LogP contribution in [0.1, 0.15) is 47.7 Å². The molecule has 4 heteroatoms. The standard InChI is InChI=1S/C20H22N4/c1-3-15-8-10-16(11-9-15)18-12-19(17-7-5-4-6-14(17)2)24-20(23-18)21-13-22-24/h4-11,13,18-19H,3,12H2,1-2H3,(H,21,22,23)/t18-,19+/m1/s1. The fraction of sp³-hybridized carbons (Fsp3) is 0.300. The van der Waals surface area contributed by atoms with Gasteiger partial charge in [0, 0.05) is 0 Å². The van der Waals surface area contributed by atoms with Crippen molar-refractivity contribution < 1.29 is 0 Å². The number of aromatic nitrogens is 3.